The van der Waals surface area contributed by atoms with E-state index in [4.69, 9.17) is 0 Å². The second kappa shape index (κ2) is 5.75. The number of hydrogen-bond acceptors (Lipinski definition) is 1. The molecule has 0 saturated heterocycles. The van der Waals surface area contributed by atoms with E-state index in [0.717, 1.165) is 18.4 Å². The zero-order chi connectivity index (χ0) is 15.6. The zero-order valence-corrected chi connectivity index (χ0v) is 11.9. The molecule has 3 rings (SSSR count). The predicted molar refractivity (Wildman–Crippen MR) is 80.7 cm³/mol. The number of carbonyl (C=O) groups excluding carboxylic acids is 1. The topological polar surface area (TPSA) is 41.1 Å². The van der Waals surface area contributed by atoms with E-state index in [9.17, 15) is 13.6 Å². The number of anilines is 1. The Morgan fingerprint density at radius 2 is 1.50 bits per heavy atom. The van der Waals surface area contributed by atoms with Crippen LogP contribution >= 0.6 is 0 Å². The standard InChI is InChI=1S/C17H16F2N2O/c18-13-3-1-12(2-4-13)17(9-10-17)11-20-16(22)21-15-7-5-14(19)6-8-15/h1-8H,9-11H2,(H2,20,21,22). The highest BCUT2D eigenvalue weighted by Gasteiger charge is 2.44. The molecular weight excluding hydrogens is 286 g/mol. The van der Waals surface area contributed by atoms with Crippen LogP contribution in [0.4, 0.5) is 19.3 Å². The fourth-order valence-corrected chi connectivity index (χ4v) is 2.48. The maximum absolute atomic E-state index is 13.0. The maximum atomic E-state index is 13.0. The van der Waals surface area contributed by atoms with Gasteiger partial charge in [0, 0.05) is 17.6 Å². The summed E-state index contributed by atoms with van der Waals surface area (Å²) in [4.78, 5) is 11.9. The van der Waals surface area contributed by atoms with E-state index in [-0.39, 0.29) is 23.1 Å². The molecule has 3 nitrogen and oxygen atoms in total. The van der Waals surface area contributed by atoms with E-state index in [1.807, 2.05) is 0 Å². The van der Waals surface area contributed by atoms with E-state index in [2.05, 4.69) is 10.6 Å². The number of urea groups is 1. The average Bonchev–Trinajstić information content (AvgIpc) is 3.30. The summed E-state index contributed by atoms with van der Waals surface area (Å²) >= 11 is 0. The van der Waals surface area contributed by atoms with Crippen LogP contribution in [0.5, 0.6) is 0 Å². The van der Waals surface area contributed by atoms with Crippen LogP contribution in [0, 0.1) is 11.6 Å². The molecule has 2 N–H and O–H groups in total. The summed E-state index contributed by atoms with van der Waals surface area (Å²) in [5.41, 5.74) is 1.48. The molecule has 0 aliphatic heterocycles. The van der Waals surface area contributed by atoms with Crippen molar-refractivity contribution in [1.29, 1.82) is 0 Å². The Labute approximate surface area is 127 Å². The Morgan fingerprint density at radius 3 is 2.05 bits per heavy atom. The SMILES string of the molecule is O=C(NCC1(c2ccc(F)cc2)CC1)Nc1ccc(F)cc1. The van der Waals surface area contributed by atoms with Crippen molar-refractivity contribution in [3.05, 3.63) is 65.7 Å². The van der Waals surface area contributed by atoms with Crippen molar-refractivity contribution in [2.45, 2.75) is 18.3 Å². The third-order valence-corrected chi connectivity index (χ3v) is 4.00. The van der Waals surface area contributed by atoms with Crippen molar-refractivity contribution in [2.24, 2.45) is 0 Å². The second-order valence-corrected chi connectivity index (χ2v) is 5.60. The lowest BCUT2D eigenvalue weighted by atomic mass is 9.96. The van der Waals surface area contributed by atoms with Gasteiger partial charge >= 0.3 is 6.03 Å². The molecule has 1 saturated carbocycles. The lowest BCUT2D eigenvalue weighted by Crippen LogP contribution is -2.35. The van der Waals surface area contributed by atoms with Gasteiger partial charge in [-0.15, -0.1) is 0 Å². The summed E-state index contributed by atoms with van der Waals surface area (Å²) in [6, 6.07) is 11.7. The van der Waals surface area contributed by atoms with Crippen molar-refractivity contribution in [3.8, 4) is 0 Å². The number of nitrogens with one attached hydrogen (secondary N) is 2. The van der Waals surface area contributed by atoms with Gasteiger partial charge in [0.15, 0.2) is 0 Å². The Balaban J connectivity index is 1.56. The molecule has 2 aromatic carbocycles. The van der Waals surface area contributed by atoms with Gasteiger partial charge in [0.05, 0.1) is 0 Å². The molecule has 2 amide bonds. The van der Waals surface area contributed by atoms with Crippen molar-refractivity contribution < 1.29 is 13.6 Å². The Kier molecular flexibility index (Phi) is 3.79. The van der Waals surface area contributed by atoms with Crippen molar-refractivity contribution in [2.75, 3.05) is 11.9 Å². The molecule has 1 fully saturated rings. The van der Waals surface area contributed by atoms with Crippen molar-refractivity contribution in [1.82, 2.24) is 5.32 Å². The number of hydrogen-bond donors (Lipinski definition) is 2. The smallest absolute Gasteiger partial charge is 0.319 e. The lowest BCUT2D eigenvalue weighted by Gasteiger charge is -2.17. The van der Waals surface area contributed by atoms with Gasteiger partial charge < -0.3 is 10.6 Å². The number of benzene rings is 2. The number of amides is 2. The van der Waals surface area contributed by atoms with Crippen LogP contribution in [-0.4, -0.2) is 12.6 Å². The molecule has 0 heterocycles. The molecule has 0 bridgehead atoms. The van der Waals surface area contributed by atoms with Crippen LogP contribution < -0.4 is 10.6 Å². The van der Waals surface area contributed by atoms with Crippen LogP contribution in [0.3, 0.4) is 0 Å². The van der Waals surface area contributed by atoms with Crippen LogP contribution in [0.25, 0.3) is 0 Å². The molecule has 5 heteroatoms. The first-order chi connectivity index (χ1) is 10.6. The predicted octanol–water partition coefficient (Wildman–Crippen LogP) is 3.82. The minimum absolute atomic E-state index is 0.0894. The van der Waals surface area contributed by atoms with E-state index in [1.54, 1.807) is 12.1 Å². The van der Waals surface area contributed by atoms with Gasteiger partial charge in [-0.1, -0.05) is 12.1 Å². The molecule has 0 unspecified atom stereocenters. The van der Waals surface area contributed by atoms with Crippen LogP contribution in [-0.2, 0) is 5.41 Å². The number of carbonyl (C=O) groups is 1. The van der Waals surface area contributed by atoms with Crippen LogP contribution in [0.2, 0.25) is 0 Å². The largest absolute Gasteiger partial charge is 0.337 e. The second-order valence-electron chi connectivity index (χ2n) is 5.60. The molecule has 1 aliphatic rings. The zero-order valence-electron chi connectivity index (χ0n) is 11.9. The molecule has 1 aliphatic carbocycles. The monoisotopic (exact) mass is 302 g/mol. The number of halogens is 2. The van der Waals surface area contributed by atoms with E-state index in [1.165, 1.54) is 36.4 Å². The van der Waals surface area contributed by atoms with Gasteiger partial charge in [0.2, 0.25) is 0 Å². The minimum atomic E-state index is -0.348. The van der Waals surface area contributed by atoms with Gasteiger partial charge in [-0.3, -0.25) is 0 Å². The third-order valence-electron chi connectivity index (χ3n) is 4.00. The molecule has 0 atom stereocenters. The highest BCUT2D eigenvalue weighted by atomic mass is 19.1. The summed E-state index contributed by atoms with van der Waals surface area (Å²) < 4.78 is 25.8. The molecule has 0 aromatic heterocycles. The Bertz CT molecular complexity index is 664. The third kappa shape index (κ3) is 3.24. The summed E-state index contributed by atoms with van der Waals surface area (Å²) in [6.45, 7) is 0.492. The molecule has 0 spiro atoms. The first-order valence-corrected chi connectivity index (χ1v) is 7.14. The van der Waals surface area contributed by atoms with Gasteiger partial charge in [-0.25, -0.2) is 13.6 Å². The van der Waals surface area contributed by atoms with E-state index in [0.29, 0.717) is 12.2 Å². The maximum Gasteiger partial charge on any atom is 0.319 e. The first kappa shape index (κ1) is 14.5. The number of rotatable bonds is 4. The van der Waals surface area contributed by atoms with E-state index >= 15 is 0 Å². The highest BCUT2D eigenvalue weighted by Crippen LogP contribution is 2.47. The summed E-state index contributed by atoms with van der Waals surface area (Å²) in [5.74, 6) is -0.610. The molecule has 2 aromatic rings. The van der Waals surface area contributed by atoms with E-state index < -0.39 is 0 Å². The summed E-state index contributed by atoms with van der Waals surface area (Å²) in [6.07, 6.45) is 1.94. The summed E-state index contributed by atoms with van der Waals surface area (Å²) in [7, 11) is 0. The average molecular weight is 302 g/mol. The Hall–Kier alpha value is -2.43. The minimum Gasteiger partial charge on any atom is -0.337 e. The van der Waals surface area contributed by atoms with Crippen molar-refractivity contribution in [3.63, 3.8) is 0 Å². The molecule has 22 heavy (non-hydrogen) atoms. The fourth-order valence-electron chi connectivity index (χ4n) is 2.48. The molecule has 0 radical (unpaired) electrons. The molecule has 114 valence electrons. The molecular formula is C17H16F2N2O. The lowest BCUT2D eigenvalue weighted by molar-refractivity contribution is 0.251. The summed E-state index contributed by atoms with van der Waals surface area (Å²) in [5, 5.41) is 5.48. The first-order valence-electron chi connectivity index (χ1n) is 7.14. The van der Waals surface area contributed by atoms with Crippen molar-refractivity contribution >= 4 is 11.7 Å². The van der Waals surface area contributed by atoms with Gasteiger partial charge in [0.1, 0.15) is 11.6 Å². The van der Waals surface area contributed by atoms with Gasteiger partial charge in [0.25, 0.3) is 0 Å². The quantitative estimate of drug-likeness (QED) is 0.885. The normalized spacial score (nSPS) is 15.2. The van der Waals surface area contributed by atoms with Crippen LogP contribution in [0.1, 0.15) is 18.4 Å². The highest BCUT2D eigenvalue weighted by molar-refractivity contribution is 5.89. The van der Waals surface area contributed by atoms with Gasteiger partial charge in [-0.2, -0.15) is 0 Å². The fraction of sp³-hybridized carbons (Fsp3) is 0.235. The Morgan fingerprint density at radius 1 is 0.955 bits per heavy atom. The van der Waals surface area contributed by atoms with Gasteiger partial charge in [-0.05, 0) is 54.8 Å². The van der Waals surface area contributed by atoms with Crippen LogP contribution in [0.15, 0.2) is 48.5 Å².